The molecule has 0 N–H and O–H groups in total. The molecule has 0 saturated carbocycles. The molecule has 3 rings (SSSR count). The second kappa shape index (κ2) is 7.44. The smallest absolute Gasteiger partial charge is 0.241 e. The minimum Gasteiger partial charge on any atom is -0.494 e. The van der Waals surface area contributed by atoms with Gasteiger partial charge in [-0.25, -0.2) is 4.39 Å². The lowest BCUT2D eigenvalue weighted by atomic mass is 10.1. The lowest BCUT2D eigenvalue weighted by molar-refractivity contribution is 0.260. The summed E-state index contributed by atoms with van der Waals surface area (Å²) in [5.74, 6) is 0.978. The Kier molecular flexibility index (Phi) is 5.09. The number of aromatic nitrogens is 2. The van der Waals surface area contributed by atoms with Crippen LogP contribution in [0.2, 0.25) is 0 Å². The van der Waals surface area contributed by atoms with E-state index in [0.29, 0.717) is 24.8 Å². The van der Waals surface area contributed by atoms with E-state index in [1.165, 1.54) is 13.2 Å². The Morgan fingerprint density at radius 3 is 2.68 bits per heavy atom. The molecule has 0 atom stereocenters. The SMILES string of the molecule is COc1ccc(CN(C)Cc2nc(-c3ccccc3C)no2)cc1F. The first-order valence-corrected chi connectivity index (χ1v) is 7.96. The van der Waals surface area contributed by atoms with Crippen LogP contribution in [0.3, 0.4) is 0 Å². The fourth-order valence-electron chi connectivity index (χ4n) is 2.66. The standard InChI is InChI=1S/C19H20FN3O2/c1-13-6-4-5-7-15(13)19-21-18(25-22-19)12-23(2)11-14-8-9-17(24-3)16(20)10-14/h4-10H,11-12H2,1-3H3. The van der Waals surface area contributed by atoms with E-state index in [0.717, 1.165) is 16.7 Å². The Balaban J connectivity index is 1.67. The van der Waals surface area contributed by atoms with Crippen LogP contribution < -0.4 is 4.74 Å². The van der Waals surface area contributed by atoms with Crippen molar-refractivity contribution >= 4 is 0 Å². The van der Waals surface area contributed by atoms with Crippen LogP contribution in [0, 0.1) is 12.7 Å². The molecule has 0 radical (unpaired) electrons. The molecule has 5 nitrogen and oxygen atoms in total. The first-order chi connectivity index (χ1) is 12.1. The monoisotopic (exact) mass is 341 g/mol. The molecule has 0 aliphatic heterocycles. The molecule has 6 heteroatoms. The molecule has 1 aromatic heterocycles. The van der Waals surface area contributed by atoms with Crippen LogP contribution in [0.5, 0.6) is 5.75 Å². The molecule has 0 fully saturated rings. The highest BCUT2D eigenvalue weighted by Gasteiger charge is 2.13. The van der Waals surface area contributed by atoms with E-state index in [-0.39, 0.29) is 11.6 Å². The molecule has 0 aliphatic rings. The van der Waals surface area contributed by atoms with Gasteiger partial charge in [0, 0.05) is 12.1 Å². The average Bonchev–Trinajstić information content (AvgIpc) is 3.03. The van der Waals surface area contributed by atoms with Crippen molar-refractivity contribution in [3.8, 4) is 17.1 Å². The van der Waals surface area contributed by atoms with Crippen LogP contribution in [0.4, 0.5) is 4.39 Å². The minimum absolute atomic E-state index is 0.242. The van der Waals surface area contributed by atoms with Gasteiger partial charge < -0.3 is 9.26 Å². The third-order valence-corrected chi connectivity index (χ3v) is 3.93. The van der Waals surface area contributed by atoms with Gasteiger partial charge in [-0.1, -0.05) is 35.5 Å². The summed E-state index contributed by atoms with van der Waals surface area (Å²) < 4.78 is 24.1. The van der Waals surface area contributed by atoms with Crippen molar-refractivity contribution in [2.24, 2.45) is 0 Å². The van der Waals surface area contributed by atoms with Crippen molar-refractivity contribution in [3.63, 3.8) is 0 Å². The fraction of sp³-hybridized carbons (Fsp3) is 0.263. The lowest BCUT2D eigenvalue weighted by Gasteiger charge is -2.14. The number of halogens is 1. The zero-order chi connectivity index (χ0) is 17.8. The van der Waals surface area contributed by atoms with E-state index in [4.69, 9.17) is 9.26 Å². The molecule has 130 valence electrons. The van der Waals surface area contributed by atoms with Crippen LogP contribution in [0.15, 0.2) is 47.0 Å². The summed E-state index contributed by atoms with van der Waals surface area (Å²) in [7, 11) is 3.37. The van der Waals surface area contributed by atoms with Crippen molar-refractivity contribution in [2.45, 2.75) is 20.0 Å². The first-order valence-electron chi connectivity index (χ1n) is 7.96. The van der Waals surface area contributed by atoms with Gasteiger partial charge in [0.05, 0.1) is 13.7 Å². The summed E-state index contributed by atoms with van der Waals surface area (Å²) >= 11 is 0. The molecule has 25 heavy (non-hydrogen) atoms. The number of aryl methyl sites for hydroxylation is 1. The second-order valence-corrected chi connectivity index (χ2v) is 5.97. The van der Waals surface area contributed by atoms with Crippen molar-refractivity contribution in [3.05, 3.63) is 65.3 Å². The summed E-state index contributed by atoms with van der Waals surface area (Å²) in [6.07, 6.45) is 0. The highest BCUT2D eigenvalue weighted by atomic mass is 19.1. The van der Waals surface area contributed by atoms with Gasteiger partial charge in [-0.2, -0.15) is 4.98 Å². The van der Waals surface area contributed by atoms with E-state index in [1.807, 2.05) is 49.2 Å². The summed E-state index contributed by atoms with van der Waals surface area (Å²) in [5, 5.41) is 4.05. The predicted octanol–water partition coefficient (Wildman–Crippen LogP) is 3.82. The van der Waals surface area contributed by atoms with Gasteiger partial charge in [-0.3, -0.25) is 4.90 Å². The van der Waals surface area contributed by atoms with E-state index >= 15 is 0 Å². The second-order valence-electron chi connectivity index (χ2n) is 5.97. The molecule has 0 aliphatic carbocycles. The molecule has 0 bridgehead atoms. The van der Waals surface area contributed by atoms with Gasteiger partial charge in [-0.05, 0) is 37.2 Å². The Labute approximate surface area is 146 Å². The molecule has 0 spiro atoms. The van der Waals surface area contributed by atoms with Gasteiger partial charge in [0.15, 0.2) is 11.6 Å². The summed E-state index contributed by atoms with van der Waals surface area (Å²) in [5.41, 5.74) is 2.90. The molecule has 0 amide bonds. The molecule has 0 saturated heterocycles. The largest absolute Gasteiger partial charge is 0.494 e. The van der Waals surface area contributed by atoms with E-state index in [1.54, 1.807) is 6.07 Å². The van der Waals surface area contributed by atoms with E-state index in [2.05, 4.69) is 10.1 Å². The van der Waals surface area contributed by atoms with Crippen molar-refractivity contribution in [1.82, 2.24) is 15.0 Å². The molecular formula is C19H20FN3O2. The van der Waals surface area contributed by atoms with Crippen molar-refractivity contribution in [1.29, 1.82) is 0 Å². The first kappa shape index (κ1) is 17.1. The molecule has 3 aromatic rings. The molecule has 2 aromatic carbocycles. The number of nitrogens with zero attached hydrogens (tertiary/aromatic N) is 3. The van der Waals surface area contributed by atoms with Crippen LogP contribution >= 0.6 is 0 Å². The molecule has 1 heterocycles. The van der Waals surface area contributed by atoms with Gasteiger partial charge in [0.25, 0.3) is 0 Å². The lowest BCUT2D eigenvalue weighted by Crippen LogP contribution is -2.17. The van der Waals surface area contributed by atoms with Gasteiger partial charge in [-0.15, -0.1) is 0 Å². The number of hydrogen-bond donors (Lipinski definition) is 0. The fourth-order valence-corrected chi connectivity index (χ4v) is 2.66. The maximum atomic E-state index is 13.8. The molecule has 0 unspecified atom stereocenters. The summed E-state index contributed by atoms with van der Waals surface area (Å²) in [6, 6.07) is 12.8. The van der Waals surface area contributed by atoms with E-state index < -0.39 is 0 Å². The Hall–Kier alpha value is -2.73. The maximum Gasteiger partial charge on any atom is 0.241 e. The third-order valence-electron chi connectivity index (χ3n) is 3.93. The summed E-state index contributed by atoms with van der Waals surface area (Å²) in [6.45, 7) is 3.05. The van der Waals surface area contributed by atoms with Gasteiger partial charge in [0.1, 0.15) is 0 Å². The quantitative estimate of drug-likeness (QED) is 0.682. The van der Waals surface area contributed by atoms with Crippen LogP contribution in [-0.4, -0.2) is 29.2 Å². The van der Waals surface area contributed by atoms with Crippen LogP contribution in [0.25, 0.3) is 11.4 Å². The Morgan fingerprint density at radius 2 is 1.96 bits per heavy atom. The average molecular weight is 341 g/mol. The van der Waals surface area contributed by atoms with Gasteiger partial charge >= 0.3 is 0 Å². The number of methoxy groups -OCH3 is 1. The maximum absolute atomic E-state index is 13.8. The van der Waals surface area contributed by atoms with Gasteiger partial charge in [0.2, 0.25) is 11.7 Å². The number of rotatable bonds is 6. The third kappa shape index (κ3) is 4.03. The topological polar surface area (TPSA) is 51.4 Å². The van der Waals surface area contributed by atoms with Crippen molar-refractivity contribution < 1.29 is 13.7 Å². The number of ether oxygens (including phenoxy) is 1. The minimum atomic E-state index is -0.368. The molecular weight excluding hydrogens is 321 g/mol. The normalized spacial score (nSPS) is 11.1. The highest BCUT2D eigenvalue weighted by molar-refractivity contribution is 5.58. The summed E-state index contributed by atoms with van der Waals surface area (Å²) in [4.78, 5) is 6.44. The highest BCUT2D eigenvalue weighted by Crippen LogP contribution is 2.21. The predicted molar refractivity (Wildman–Crippen MR) is 92.6 cm³/mol. The Morgan fingerprint density at radius 1 is 1.16 bits per heavy atom. The van der Waals surface area contributed by atoms with Crippen LogP contribution in [-0.2, 0) is 13.1 Å². The Bertz CT molecular complexity index is 863. The number of benzene rings is 2. The van der Waals surface area contributed by atoms with Crippen molar-refractivity contribution in [2.75, 3.05) is 14.2 Å². The number of hydrogen-bond acceptors (Lipinski definition) is 5. The zero-order valence-electron chi connectivity index (χ0n) is 14.5. The van der Waals surface area contributed by atoms with Crippen LogP contribution in [0.1, 0.15) is 17.0 Å². The zero-order valence-corrected chi connectivity index (χ0v) is 14.5. The van der Waals surface area contributed by atoms with E-state index in [9.17, 15) is 4.39 Å².